The highest BCUT2D eigenvalue weighted by atomic mass is 16.5. The second kappa shape index (κ2) is 14.1. The Balaban J connectivity index is 2.11. The van der Waals surface area contributed by atoms with Crippen molar-refractivity contribution in [2.24, 2.45) is 17.8 Å². The maximum Gasteiger partial charge on any atom is 0.331 e. The predicted octanol–water partition coefficient (Wildman–Crippen LogP) is 3.19. The van der Waals surface area contributed by atoms with Crippen LogP contribution in [0.25, 0.3) is 0 Å². The zero-order valence-corrected chi connectivity index (χ0v) is 21.2. The predicted molar refractivity (Wildman–Crippen MR) is 131 cm³/mol. The van der Waals surface area contributed by atoms with E-state index in [-0.39, 0.29) is 35.9 Å². The molecule has 1 fully saturated rings. The number of aliphatic hydroxyl groups excluding tert-OH is 1. The molecule has 194 valence electrons. The number of imide groups is 1. The number of piperidine rings is 1. The monoisotopic (exact) mass is 489 g/mol. The largest absolute Gasteiger partial charge is 0.454 e. The number of ketones is 1. The smallest absolute Gasteiger partial charge is 0.331 e. The van der Waals surface area contributed by atoms with Gasteiger partial charge in [0.25, 0.3) is 0 Å². The van der Waals surface area contributed by atoms with Gasteiger partial charge in [0.2, 0.25) is 11.8 Å². The first-order valence-corrected chi connectivity index (χ1v) is 12.4. The van der Waals surface area contributed by atoms with Gasteiger partial charge in [-0.25, -0.2) is 4.79 Å². The Kier molecular flexibility index (Phi) is 11.5. The standard InChI is InChI=1S/C27H39NO7/c1-17-14-18(2)27(35-25(32)13-8-6-5-7-12-22(34-4)26(17)33)19(3)21(29)11-9-10-20-15-23(30)28-24(31)16-20/h7-8,12-14,17,19-20,22,26-27,33H,5-6,9-11,15-16H2,1-4H3,(H,28,30,31)/b12-7+,13-8+,18-14+/t17-,19-,22+,26+,27+/m1/s1. The second-order valence-electron chi connectivity index (χ2n) is 9.62. The van der Waals surface area contributed by atoms with Gasteiger partial charge < -0.3 is 14.6 Å². The summed E-state index contributed by atoms with van der Waals surface area (Å²) in [5.41, 5.74) is 0.685. The normalized spacial score (nSPS) is 31.3. The fraction of sp³-hybridized carbons (Fsp3) is 0.630. The molecule has 0 aromatic rings. The number of esters is 1. The fourth-order valence-corrected chi connectivity index (χ4v) is 4.61. The molecule has 0 radical (unpaired) electrons. The number of hydrogen-bond acceptors (Lipinski definition) is 7. The molecule has 1 saturated heterocycles. The summed E-state index contributed by atoms with van der Waals surface area (Å²) in [5, 5.41) is 13.1. The Labute approximate surface area is 207 Å². The van der Waals surface area contributed by atoms with Crippen LogP contribution in [0.2, 0.25) is 0 Å². The summed E-state index contributed by atoms with van der Waals surface area (Å²) in [6.07, 6.45) is 9.96. The first kappa shape index (κ1) is 28.7. The highest BCUT2D eigenvalue weighted by Crippen LogP contribution is 2.25. The van der Waals surface area contributed by atoms with E-state index in [9.17, 15) is 24.3 Å². The Bertz CT molecular complexity index is 844. The van der Waals surface area contributed by atoms with E-state index >= 15 is 0 Å². The minimum Gasteiger partial charge on any atom is -0.454 e. The van der Waals surface area contributed by atoms with Gasteiger partial charge in [0.05, 0.1) is 12.0 Å². The number of carbonyl (C=O) groups excluding carboxylic acids is 4. The van der Waals surface area contributed by atoms with Crippen LogP contribution in [0.3, 0.4) is 0 Å². The van der Waals surface area contributed by atoms with Crippen molar-refractivity contribution in [3.63, 3.8) is 0 Å². The number of methoxy groups -OCH3 is 1. The molecular formula is C27H39NO7. The quantitative estimate of drug-likeness (QED) is 0.320. The number of nitrogens with one attached hydrogen (secondary N) is 1. The van der Waals surface area contributed by atoms with E-state index in [4.69, 9.17) is 9.47 Å². The molecule has 0 aromatic carbocycles. The molecule has 8 heteroatoms. The van der Waals surface area contributed by atoms with Crippen LogP contribution in [0.4, 0.5) is 0 Å². The van der Waals surface area contributed by atoms with E-state index in [1.807, 2.05) is 25.2 Å². The molecule has 2 aliphatic heterocycles. The molecule has 8 nitrogen and oxygen atoms in total. The summed E-state index contributed by atoms with van der Waals surface area (Å²) < 4.78 is 11.1. The average molecular weight is 490 g/mol. The van der Waals surface area contributed by atoms with Crippen molar-refractivity contribution in [1.82, 2.24) is 5.32 Å². The van der Waals surface area contributed by atoms with E-state index < -0.39 is 30.2 Å². The highest BCUT2D eigenvalue weighted by Gasteiger charge is 2.31. The lowest BCUT2D eigenvalue weighted by atomic mass is 9.86. The zero-order chi connectivity index (χ0) is 26.0. The number of aliphatic hydroxyl groups is 1. The molecule has 2 heterocycles. The molecule has 0 aromatic heterocycles. The van der Waals surface area contributed by atoms with Crippen molar-refractivity contribution in [2.75, 3.05) is 7.11 Å². The van der Waals surface area contributed by atoms with Gasteiger partial charge >= 0.3 is 5.97 Å². The van der Waals surface area contributed by atoms with Crippen molar-refractivity contribution in [3.05, 3.63) is 36.0 Å². The Morgan fingerprint density at radius 1 is 1.20 bits per heavy atom. The summed E-state index contributed by atoms with van der Waals surface area (Å²) in [6.45, 7) is 5.39. The fourth-order valence-electron chi connectivity index (χ4n) is 4.61. The van der Waals surface area contributed by atoms with Crippen LogP contribution in [0.15, 0.2) is 36.0 Å². The summed E-state index contributed by atoms with van der Waals surface area (Å²) in [5.74, 6) is -2.06. The van der Waals surface area contributed by atoms with Crippen LogP contribution in [0, 0.1) is 17.8 Å². The van der Waals surface area contributed by atoms with Crippen molar-refractivity contribution in [3.8, 4) is 0 Å². The van der Waals surface area contributed by atoms with Crippen LogP contribution < -0.4 is 5.32 Å². The molecule has 35 heavy (non-hydrogen) atoms. The van der Waals surface area contributed by atoms with Crippen molar-refractivity contribution in [2.45, 2.75) is 84.0 Å². The summed E-state index contributed by atoms with van der Waals surface area (Å²) in [7, 11) is 1.55. The Morgan fingerprint density at radius 3 is 2.51 bits per heavy atom. The minimum atomic E-state index is -0.803. The van der Waals surface area contributed by atoms with Gasteiger partial charge in [-0.2, -0.15) is 0 Å². The molecule has 0 unspecified atom stereocenters. The molecule has 0 spiro atoms. The lowest BCUT2D eigenvalue weighted by Crippen LogP contribution is -2.38. The van der Waals surface area contributed by atoms with Gasteiger partial charge in [-0.1, -0.05) is 38.2 Å². The molecule has 0 aliphatic carbocycles. The summed E-state index contributed by atoms with van der Waals surface area (Å²) in [6, 6.07) is 0. The molecule has 2 N–H and O–H groups in total. The van der Waals surface area contributed by atoms with E-state index in [0.29, 0.717) is 44.1 Å². The highest BCUT2D eigenvalue weighted by molar-refractivity contribution is 5.97. The topological polar surface area (TPSA) is 119 Å². The maximum atomic E-state index is 13.0. The van der Waals surface area contributed by atoms with E-state index in [2.05, 4.69) is 5.32 Å². The van der Waals surface area contributed by atoms with Gasteiger partial charge in [-0.05, 0) is 44.1 Å². The van der Waals surface area contributed by atoms with Crippen LogP contribution in [0.1, 0.15) is 65.7 Å². The number of allylic oxidation sites excluding steroid dienone is 2. The number of amides is 2. The SMILES string of the molecule is CO[C@H]1/C=C/CC/C=C/C(=O)O[C@H]([C@H](C)C(=O)CCCC2CC(=O)NC(=O)C2)/C(C)=C/[C@@H](C)[C@@H]1O. The van der Waals surface area contributed by atoms with Crippen molar-refractivity contribution in [1.29, 1.82) is 0 Å². The number of rotatable bonds is 7. The average Bonchev–Trinajstić information content (AvgIpc) is 2.79. The van der Waals surface area contributed by atoms with E-state index in [0.717, 1.165) is 0 Å². The number of Topliss-reactive ketones (excluding diaryl/α,β-unsaturated/α-hetero) is 1. The molecule has 2 rings (SSSR count). The number of ether oxygens (including phenoxy) is 2. The summed E-state index contributed by atoms with van der Waals surface area (Å²) in [4.78, 5) is 48.6. The minimum absolute atomic E-state index is 0.0524. The van der Waals surface area contributed by atoms with Gasteiger partial charge in [-0.15, -0.1) is 0 Å². The zero-order valence-electron chi connectivity index (χ0n) is 21.2. The van der Waals surface area contributed by atoms with Gasteiger partial charge in [0, 0.05) is 38.4 Å². The van der Waals surface area contributed by atoms with Crippen LogP contribution >= 0.6 is 0 Å². The van der Waals surface area contributed by atoms with Crippen LogP contribution in [-0.2, 0) is 28.7 Å². The number of cyclic esters (lactones) is 1. The maximum absolute atomic E-state index is 13.0. The first-order valence-electron chi connectivity index (χ1n) is 12.4. The first-order chi connectivity index (χ1) is 16.6. The van der Waals surface area contributed by atoms with E-state index in [1.165, 1.54) is 6.08 Å². The van der Waals surface area contributed by atoms with Gasteiger partial charge in [-0.3, -0.25) is 19.7 Å². The van der Waals surface area contributed by atoms with Crippen molar-refractivity contribution >= 4 is 23.6 Å². The molecule has 2 amide bonds. The third-order valence-electron chi connectivity index (χ3n) is 6.67. The molecule has 5 atom stereocenters. The molecule has 2 aliphatic rings. The lowest BCUT2D eigenvalue weighted by molar-refractivity contribution is -0.145. The van der Waals surface area contributed by atoms with Crippen LogP contribution in [0.5, 0.6) is 0 Å². The molecular weight excluding hydrogens is 450 g/mol. The third-order valence-corrected chi connectivity index (χ3v) is 6.67. The van der Waals surface area contributed by atoms with E-state index in [1.54, 1.807) is 27.0 Å². The Morgan fingerprint density at radius 2 is 1.86 bits per heavy atom. The van der Waals surface area contributed by atoms with Gasteiger partial charge in [0.1, 0.15) is 18.0 Å². The number of hydrogen-bond donors (Lipinski definition) is 2. The Hall–Kier alpha value is -2.58. The third kappa shape index (κ3) is 9.18. The van der Waals surface area contributed by atoms with Crippen LogP contribution in [-0.4, -0.2) is 54.1 Å². The van der Waals surface area contributed by atoms with Gasteiger partial charge in [0.15, 0.2) is 0 Å². The number of carbonyl (C=O) groups is 4. The van der Waals surface area contributed by atoms with Crippen molar-refractivity contribution < 1.29 is 33.8 Å². The molecule has 0 saturated carbocycles. The summed E-state index contributed by atoms with van der Waals surface area (Å²) >= 11 is 0. The second-order valence-corrected chi connectivity index (χ2v) is 9.62. The molecule has 0 bridgehead atoms. The lowest BCUT2D eigenvalue weighted by Gasteiger charge is -2.27.